The lowest BCUT2D eigenvalue weighted by atomic mass is 10.0. The number of carbonyl (C=O) groups is 1. The van der Waals surface area contributed by atoms with E-state index in [4.69, 9.17) is 11.1 Å². The summed E-state index contributed by atoms with van der Waals surface area (Å²) >= 11 is 0. The summed E-state index contributed by atoms with van der Waals surface area (Å²) in [5, 5.41) is 6.89. The van der Waals surface area contributed by atoms with Crippen molar-refractivity contribution in [3.63, 3.8) is 0 Å². The predicted molar refractivity (Wildman–Crippen MR) is 73.9 cm³/mol. The van der Waals surface area contributed by atoms with Crippen molar-refractivity contribution in [1.29, 1.82) is 0 Å². The molecule has 2 aromatic carbocycles. The average Bonchev–Trinajstić information content (AvgIpc) is 2.49. The molecule has 0 aromatic heterocycles. The fourth-order valence-corrected chi connectivity index (χ4v) is 1.74. The highest BCUT2D eigenvalue weighted by Crippen LogP contribution is 2.33. The minimum atomic E-state index is -0.303. The smallest absolute Gasteiger partial charge is 0.193 e. The fraction of sp³-hybridized carbons (Fsp3) is 0. The third-order valence-electron chi connectivity index (χ3n) is 2.59. The van der Waals surface area contributed by atoms with Crippen LogP contribution >= 0.6 is 0 Å². The molecule has 0 heterocycles. The molecule has 0 N–H and O–H groups in total. The van der Waals surface area contributed by atoms with Crippen molar-refractivity contribution in [2.45, 2.75) is 0 Å². The number of benzene rings is 2. The first-order valence-corrected chi connectivity index (χ1v) is 5.61. The molecule has 0 aliphatic heterocycles. The Morgan fingerprint density at radius 3 is 2.25 bits per heavy atom. The SMILES string of the molecule is [N-]=[N+]=Nc1cccc(C(=O)c2ccccc2)c1N=[N+]=[N-]. The molecular weight excluding hydrogens is 256 g/mol. The number of rotatable bonds is 4. The molecule has 96 valence electrons. The molecule has 2 aromatic rings. The lowest BCUT2D eigenvalue weighted by Gasteiger charge is -2.06. The van der Waals surface area contributed by atoms with Crippen LogP contribution in [0.4, 0.5) is 11.4 Å². The average molecular weight is 264 g/mol. The van der Waals surface area contributed by atoms with E-state index in [0.29, 0.717) is 5.56 Å². The van der Waals surface area contributed by atoms with E-state index in [1.807, 2.05) is 0 Å². The second-order valence-electron chi connectivity index (χ2n) is 3.75. The van der Waals surface area contributed by atoms with E-state index in [2.05, 4.69) is 20.1 Å². The highest BCUT2D eigenvalue weighted by atomic mass is 16.1. The first-order valence-electron chi connectivity index (χ1n) is 5.61. The standard InChI is InChI=1S/C13H8N6O/c14-18-16-11-8-4-7-10(12(11)17-19-15)13(20)9-5-2-1-3-6-9/h1-8H. The van der Waals surface area contributed by atoms with Crippen molar-refractivity contribution >= 4 is 17.2 Å². The Balaban J connectivity index is 2.62. The number of nitrogens with zero attached hydrogens (tertiary/aromatic N) is 6. The molecule has 0 atom stereocenters. The second-order valence-corrected chi connectivity index (χ2v) is 3.75. The summed E-state index contributed by atoms with van der Waals surface area (Å²) in [6.07, 6.45) is 0. The Bertz CT molecular complexity index is 743. The Labute approximate surface area is 113 Å². The minimum Gasteiger partial charge on any atom is -0.289 e. The van der Waals surface area contributed by atoms with Crippen molar-refractivity contribution in [3.05, 3.63) is 80.5 Å². The van der Waals surface area contributed by atoms with Gasteiger partial charge in [-0.3, -0.25) is 4.79 Å². The van der Waals surface area contributed by atoms with E-state index >= 15 is 0 Å². The summed E-state index contributed by atoms with van der Waals surface area (Å²) in [5.41, 5.74) is 17.9. The van der Waals surface area contributed by atoms with Gasteiger partial charge in [-0.15, -0.1) is 0 Å². The van der Waals surface area contributed by atoms with Gasteiger partial charge < -0.3 is 0 Å². The fourth-order valence-electron chi connectivity index (χ4n) is 1.74. The third-order valence-corrected chi connectivity index (χ3v) is 2.59. The topological polar surface area (TPSA) is 115 Å². The van der Waals surface area contributed by atoms with Gasteiger partial charge in [-0.1, -0.05) is 58.8 Å². The van der Waals surface area contributed by atoms with Crippen molar-refractivity contribution in [2.24, 2.45) is 10.2 Å². The third kappa shape index (κ3) is 2.59. The molecule has 0 aliphatic carbocycles. The first kappa shape index (κ1) is 13.2. The lowest BCUT2D eigenvalue weighted by molar-refractivity contribution is 0.103. The quantitative estimate of drug-likeness (QED) is 0.335. The van der Waals surface area contributed by atoms with Crippen molar-refractivity contribution < 1.29 is 4.79 Å². The molecule has 0 aliphatic rings. The largest absolute Gasteiger partial charge is 0.289 e. The van der Waals surface area contributed by atoms with Gasteiger partial charge in [-0.25, -0.2) is 0 Å². The maximum absolute atomic E-state index is 12.4. The second kappa shape index (κ2) is 6.06. The zero-order valence-corrected chi connectivity index (χ0v) is 10.2. The van der Waals surface area contributed by atoms with Gasteiger partial charge >= 0.3 is 0 Å². The number of carbonyl (C=O) groups excluding carboxylic acids is 1. The summed E-state index contributed by atoms with van der Waals surface area (Å²) in [7, 11) is 0. The number of azide groups is 2. The van der Waals surface area contributed by atoms with Crippen LogP contribution in [0.25, 0.3) is 20.9 Å². The summed E-state index contributed by atoms with van der Waals surface area (Å²) in [6.45, 7) is 0. The summed E-state index contributed by atoms with van der Waals surface area (Å²) in [5.74, 6) is -0.303. The molecule has 7 heteroatoms. The van der Waals surface area contributed by atoms with Gasteiger partial charge in [0.25, 0.3) is 0 Å². The van der Waals surface area contributed by atoms with Gasteiger partial charge in [0.2, 0.25) is 0 Å². The molecule has 0 saturated carbocycles. The Kier molecular flexibility index (Phi) is 3.99. The predicted octanol–water partition coefficient (Wildman–Crippen LogP) is 4.80. The van der Waals surface area contributed by atoms with Crippen LogP contribution in [0.3, 0.4) is 0 Å². The highest BCUT2D eigenvalue weighted by molar-refractivity contribution is 6.13. The Morgan fingerprint density at radius 1 is 0.900 bits per heavy atom. The van der Waals surface area contributed by atoms with E-state index < -0.39 is 0 Å². The zero-order valence-electron chi connectivity index (χ0n) is 10.2. The Hall–Kier alpha value is -3.27. The van der Waals surface area contributed by atoms with E-state index in [1.54, 1.807) is 36.4 Å². The van der Waals surface area contributed by atoms with Crippen LogP contribution in [0.1, 0.15) is 15.9 Å². The lowest BCUT2D eigenvalue weighted by Crippen LogP contribution is -2.01. The van der Waals surface area contributed by atoms with Gasteiger partial charge in [-0.2, -0.15) is 0 Å². The molecule has 0 amide bonds. The van der Waals surface area contributed by atoms with E-state index in [9.17, 15) is 4.79 Å². The maximum Gasteiger partial charge on any atom is 0.193 e. The summed E-state index contributed by atoms with van der Waals surface area (Å²) in [4.78, 5) is 17.7. The molecular formula is C13H8N6O. The van der Waals surface area contributed by atoms with Gasteiger partial charge in [0.05, 0.1) is 5.69 Å². The van der Waals surface area contributed by atoms with Gasteiger partial charge in [-0.05, 0) is 11.1 Å². The summed E-state index contributed by atoms with van der Waals surface area (Å²) in [6, 6.07) is 13.1. The van der Waals surface area contributed by atoms with Gasteiger partial charge in [0.15, 0.2) is 5.78 Å². The molecule has 0 bridgehead atoms. The monoisotopic (exact) mass is 264 g/mol. The van der Waals surface area contributed by atoms with Crippen LogP contribution in [0.15, 0.2) is 58.8 Å². The van der Waals surface area contributed by atoms with Crippen LogP contribution in [0.2, 0.25) is 0 Å². The van der Waals surface area contributed by atoms with Crippen LogP contribution < -0.4 is 0 Å². The summed E-state index contributed by atoms with van der Waals surface area (Å²) < 4.78 is 0. The van der Waals surface area contributed by atoms with E-state index in [1.165, 1.54) is 12.1 Å². The number of ketones is 1. The molecule has 2 rings (SSSR count). The molecule has 0 spiro atoms. The highest BCUT2D eigenvalue weighted by Gasteiger charge is 2.14. The normalized spacial score (nSPS) is 9.20. The molecule has 0 unspecified atom stereocenters. The Morgan fingerprint density at radius 2 is 1.60 bits per heavy atom. The van der Waals surface area contributed by atoms with Crippen molar-refractivity contribution in [1.82, 2.24) is 0 Å². The van der Waals surface area contributed by atoms with Crippen LogP contribution in [0, 0.1) is 0 Å². The van der Waals surface area contributed by atoms with Gasteiger partial charge in [0, 0.05) is 26.6 Å². The van der Waals surface area contributed by atoms with Gasteiger partial charge in [0.1, 0.15) is 0 Å². The molecule has 0 fully saturated rings. The minimum absolute atomic E-state index is 0.0293. The molecule has 0 radical (unpaired) electrons. The van der Waals surface area contributed by atoms with E-state index in [-0.39, 0.29) is 22.7 Å². The van der Waals surface area contributed by atoms with Crippen molar-refractivity contribution in [3.8, 4) is 0 Å². The molecule has 0 saturated heterocycles. The number of hydrogen-bond acceptors (Lipinski definition) is 3. The zero-order chi connectivity index (χ0) is 14.4. The first-order chi connectivity index (χ1) is 9.77. The molecule has 20 heavy (non-hydrogen) atoms. The maximum atomic E-state index is 12.4. The van der Waals surface area contributed by atoms with Crippen LogP contribution in [-0.4, -0.2) is 5.78 Å². The van der Waals surface area contributed by atoms with Crippen molar-refractivity contribution in [2.75, 3.05) is 0 Å². The van der Waals surface area contributed by atoms with E-state index in [0.717, 1.165) is 0 Å². The van der Waals surface area contributed by atoms with Crippen LogP contribution in [-0.2, 0) is 0 Å². The van der Waals surface area contributed by atoms with Crippen LogP contribution in [0.5, 0.6) is 0 Å². The number of hydrogen-bond donors (Lipinski definition) is 0. The molecule has 7 nitrogen and oxygen atoms in total.